The minimum absolute atomic E-state index is 0.118. The van der Waals surface area contributed by atoms with Crippen molar-refractivity contribution in [1.29, 1.82) is 0 Å². The number of β-lactam (4-membered cyclic amide) rings is 1. The molecule has 6 rings (SSSR count). The van der Waals surface area contributed by atoms with Crippen LogP contribution in [0.4, 0.5) is 5.69 Å². The van der Waals surface area contributed by atoms with Crippen molar-refractivity contribution < 1.29 is 37.6 Å². The predicted molar refractivity (Wildman–Crippen MR) is 179 cm³/mol. The van der Waals surface area contributed by atoms with E-state index in [-0.39, 0.29) is 41.4 Å². The molecule has 0 N–H and O–H groups in total. The Labute approximate surface area is 279 Å². The molecule has 2 aliphatic heterocycles. The summed E-state index contributed by atoms with van der Waals surface area (Å²) >= 11 is 1.26. The fourth-order valence-corrected chi connectivity index (χ4v) is 7.73. The van der Waals surface area contributed by atoms with Crippen LogP contribution in [0.5, 0.6) is 11.5 Å². The van der Waals surface area contributed by atoms with Crippen LogP contribution in [0.15, 0.2) is 132 Å². The molecule has 0 bridgehead atoms. The first-order chi connectivity index (χ1) is 23.2. The second-order valence-electron chi connectivity index (χ2n) is 10.5. The van der Waals surface area contributed by atoms with Crippen molar-refractivity contribution >= 4 is 47.3 Å². The van der Waals surface area contributed by atoms with Gasteiger partial charge in [-0.3, -0.25) is 24.8 Å². The number of hydrogen-bond donors (Lipinski definition) is 0. The summed E-state index contributed by atoms with van der Waals surface area (Å²) in [6.45, 7) is 1.27. The van der Waals surface area contributed by atoms with Crippen molar-refractivity contribution in [2.75, 3.05) is 6.61 Å². The molecule has 48 heavy (non-hydrogen) atoms. The van der Waals surface area contributed by atoms with Gasteiger partial charge in [0.1, 0.15) is 40.9 Å². The summed E-state index contributed by atoms with van der Waals surface area (Å²) in [6.07, 6.45) is 0. The highest BCUT2D eigenvalue weighted by atomic mass is 32.2. The summed E-state index contributed by atoms with van der Waals surface area (Å²) in [4.78, 5) is 43.6. The number of benzene rings is 4. The number of rotatable bonds is 13. The Morgan fingerprint density at radius 1 is 0.896 bits per heavy atom. The highest BCUT2D eigenvalue weighted by Crippen LogP contribution is 2.51. The van der Waals surface area contributed by atoms with E-state index in [1.807, 2.05) is 18.2 Å². The van der Waals surface area contributed by atoms with Crippen LogP contribution in [0.25, 0.3) is 0 Å². The highest BCUT2D eigenvalue weighted by molar-refractivity contribution is 8.15. The van der Waals surface area contributed by atoms with Gasteiger partial charge < -0.3 is 18.5 Å². The first-order valence-corrected chi connectivity index (χ1v) is 17.1. The average molecular weight is 686 g/mol. The molecular weight excluding hydrogens is 657 g/mol. The van der Waals surface area contributed by atoms with E-state index in [4.69, 9.17) is 18.5 Å². The maximum absolute atomic E-state index is 14.5. The fraction of sp³-hybridized carbons (Fsp3) is 0.147. The number of hydrogen-bond acceptors (Lipinski definition) is 11. The number of thioether (sulfide) groups is 1. The SMILES string of the molecule is CC(OP(=O)(Oc1ccccc1)c1ccccc1)=C(C(=O)OCc1ccc([N+](=O)[O-])cc1)N1C(=O)C2N=C(COc3ccccc3)SC21. The lowest BCUT2D eigenvalue weighted by Crippen LogP contribution is -2.61. The number of carbonyl (C=O) groups is 2. The number of likely N-dealkylation sites (tertiary alicyclic amines) is 1. The second kappa shape index (κ2) is 14.2. The van der Waals surface area contributed by atoms with Gasteiger partial charge in [-0.25, -0.2) is 9.36 Å². The van der Waals surface area contributed by atoms with Crippen LogP contribution in [0.2, 0.25) is 0 Å². The van der Waals surface area contributed by atoms with Crippen LogP contribution in [0, 0.1) is 10.1 Å². The average Bonchev–Trinajstić information content (AvgIpc) is 3.49. The summed E-state index contributed by atoms with van der Waals surface area (Å²) in [5.74, 6) is -0.689. The second-order valence-corrected chi connectivity index (χ2v) is 13.6. The molecule has 3 unspecified atom stereocenters. The first kappa shape index (κ1) is 32.5. The predicted octanol–water partition coefficient (Wildman–Crippen LogP) is 6.24. The number of nitrogens with zero attached hydrogens (tertiary/aromatic N) is 3. The molecule has 0 radical (unpaired) electrons. The molecule has 1 fully saturated rings. The molecule has 0 spiro atoms. The van der Waals surface area contributed by atoms with Gasteiger partial charge in [-0.2, -0.15) is 0 Å². The molecule has 4 aromatic rings. The summed E-state index contributed by atoms with van der Waals surface area (Å²) in [6, 6.07) is 30.6. The molecule has 244 valence electrons. The van der Waals surface area contributed by atoms with Gasteiger partial charge in [0.05, 0.1) is 10.2 Å². The van der Waals surface area contributed by atoms with Crippen molar-refractivity contribution in [3.05, 3.63) is 142 Å². The third-order valence-electron chi connectivity index (χ3n) is 7.24. The zero-order valence-electron chi connectivity index (χ0n) is 25.4. The van der Waals surface area contributed by atoms with E-state index in [1.54, 1.807) is 72.8 Å². The standard InChI is InChI=1S/C34H28N3O9PS/c1-23(45-47(42,28-15-9-4-10-16-28)46-27-13-7-3-8-14-27)31(34(39)44-21-24-17-19-25(20-18-24)37(40)41)36-32(38)30-33(36)48-29(35-30)22-43-26-11-5-2-6-12-26/h2-20,30,33H,21-22H2,1H3. The molecule has 2 aliphatic rings. The summed E-state index contributed by atoms with van der Waals surface area (Å²) in [7, 11) is -4.19. The Balaban J connectivity index is 1.29. The van der Waals surface area contributed by atoms with Crippen LogP contribution in [0.3, 0.4) is 0 Å². The smallest absolute Gasteiger partial charge is 0.462 e. The van der Waals surface area contributed by atoms with E-state index in [9.17, 15) is 24.3 Å². The number of allylic oxidation sites excluding steroid dienone is 1. The van der Waals surface area contributed by atoms with Gasteiger partial charge in [0.2, 0.25) is 0 Å². The van der Waals surface area contributed by atoms with Crippen LogP contribution in [-0.4, -0.2) is 44.8 Å². The largest absolute Gasteiger partial charge is 0.487 e. The van der Waals surface area contributed by atoms with Gasteiger partial charge in [0.15, 0.2) is 11.7 Å². The maximum Gasteiger partial charge on any atom is 0.462 e. The number of esters is 1. The molecule has 2 heterocycles. The van der Waals surface area contributed by atoms with Gasteiger partial charge in [0.25, 0.3) is 11.6 Å². The third kappa shape index (κ3) is 7.12. The van der Waals surface area contributed by atoms with Gasteiger partial charge in [-0.15, -0.1) is 0 Å². The van der Waals surface area contributed by atoms with Crippen molar-refractivity contribution in [3.63, 3.8) is 0 Å². The quantitative estimate of drug-likeness (QED) is 0.0301. The fourth-order valence-electron chi connectivity index (χ4n) is 4.90. The van der Waals surface area contributed by atoms with Gasteiger partial charge >= 0.3 is 13.6 Å². The Bertz CT molecular complexity index is 1920. The molecule has 0 saturated carbocycles. The minimum Gasteiger partial charge on any atom is -0.487 e. The highest BCUT2D eigenvalue weighted by Gasteiger charge is 2.56. The van der Waals surface area contributed by atoms with Gasteiger partial charge in [0, 0.05) is 12.1 Å². The Kier molecular flexibility index (Phi) is 9.60. The number of ether oxygens (including phenoxy) is 2. The number of carbonyl (C=O) groups excluding carboxylic acids is 2. The molecule has 0 aliphatic carbocycles. The first-order valence-electron chi connectivity index (χ1n) is 14.7. The third-order valence-corrected chi connectivity index (χ3v) is 10.3. The van der Waals surface area contributed by atoms with Crippen LogP contribution >= 0.6 is 19.4 Å². The lowest BCUT2D eigenvalue weighted by atomic mass is 10.1. The van der Waals surface area contributed by atoms with Crippen molar-refractivity contribution in [2.24, 2.45) is 4.99 Å². The van der Waals surface area contributed by atoms with E-state index in [1.165, 1.54) is 47.9 Å². The number of non-ortho nitro benzene ring substituents is 1. The number of para-hydroxylation sites is 2. The Hall–Kier alpha value is -5.39. The number of nitro benzene ring substituents is 1. The summed E-state index contributed by atoms with van der Waals surface area (Å²) in [5, 5.41) is 11.2. The summed E-state index contributed by atoms with van der Waals surface area (Å²) < 4.78 is 37.9. The number of fused-ring (bicyclic) bond motifs is 1. The normalized spacial score (nSPS) is 18.3. The molecule has 12 nitrogen and oxygen atoms in total. The van der Waals surface area contributed by atoms with E-state index in [0.29, 0.717) is 16.4 Å². The van der Waals surface area contributed by atoms with Crippen molar-refractivity contribution in [2.45, 2.75) is 24.9 Å². The molecule has 4 aromatic carbocycles. The van der Waals surface area contributed by atoms with E-state index in [2.05, 4.69) is 4.99 Å². The molecule has 1 amide bonds. The summed E-state index contributed by atoms with van der Waals surface area (Å²) in [5.41, 5.74) is 0.0809. The van der Waals surface area contributed by atoms with Gasteiger partial charge in [-0.1, -0.05) is 66.4 Å². The lowest BCUT2D eigenvalue weighted by molar-refractivity contribution is -0.384. The molecule has 0 aromatic heterocycles. The number of amides is 1. The topological polar surface area (TPSA) is 147 Å². The van der Waals surface area contributed by atoms with Crippen LogP contribution in [-0.2, 0) is 30.0 Å². The Morgan fingerprint density at radius 2 is 1.50 bits per heavy atom. The monoisotopic (exact) mass is 685 g/mol. The molecule has 14 heteroatoms. The van der Waals surface area contributed by atoms with Crippen LogP contribution in [0.1, 0.15) is 12.5 Å². The number of aliphatic imine (C=N–C) groups is 1. The minimum atomic E-state index is -4.19. The van der Waals surface area contributed by atoms with Gasteiger partial charge in [-0.05, 0) is 61.0 Å². The zero-order valence-corrected chi connectivity index (χ0v) is 27.1. The molecular formula is C34H28N3O9PS. The molecule has 3 atom stereocenters. The number of nitro groups is 1. The van der Waals surface area contributed by atoms with E-state index in [0.717, 1.165) is 0 Å². The van der Waals surface area contributed by atoms with E-state index >= 15 is 0 Å². The van der Waals surface area contributed by atoms with Crippen molar-refractivity contribution in [1.82, 2.24) is 4.90 Å². The maximum atomic E-state index is 14.5. The van der Waals surface area contributed by atoms with E-state index < -0.39 is 35.8 Å². The molecule has 1 saturated heterocycles. The van der Waals surface area contributed by atoms with Crippen molar-refractivity contribution in [3.8, 4) is 11.5 Å². The zero-order chi connectivity index (χ0) is 33.7. The lowest BCUT2D eigenvalue weighted by Gasteiger charge is -2.41. The van der Waals surface area contributed by atoms with Crippen LogP contribution < -0.4 is 14.6 Å². The Morgan fingerprint density at radius 3 is 2.12 bits per heavy atom.